The highest BCUT2D eigenvalue weighted by Gasteiger charge is 2.09. The molecule has 0 saturated heterocycles. The molecule has 1 N–H and O–H groups in total. The fraction of sp³-hybridized carbons (Fsp3) is 0.333. The Kier molecular flexibility index (Phi) is 4.92. The second-order valence-electron chi connectivity index (χ2n) is 4.58. The van der Waals surface area contributed by atoms with Gasteiger partial charge in [0.05, 0.1) is 11.6 Å². The Morgan fingerprint density at radius 3 is 2.74 bits per heavy atom. The van der Waals surface area contributed by atoms with E-state index in [1.165, 1.54) is 0 Å². The fourth-order valence-electron chi connectivity index (χ4n) is 1.72. The number of rotatable bonds is 5. The molecule has 0 aliphatic heterocycles. The molecule has 0 bridgehead atoms. The Bertz CT molecular complexity index is 551. The molecule has 1 atom stereocenters. The number of halogens is 2. The van der Waals surface area contributed by atoms with E-state index < -0.39 is 0 Å². The van der Waals surface area contributed by atoms with E-state index in [2.05, 4.69) is 19.2 Å². The van der Waals surface area contributed by atoms with Crippen LogP contribution in [0.4, 0.5) is 0 Å². The van der Waals surface area contributed by atoms with Gasteiger partial charge < -0.3 is 9.73 Å². The molecule has 0 amide bonds. The molecule has 19 heavy (non-hydrogen) atoms. The van der Waals surface area contributed by atoms with Crippen LogP contribution in [0.3, 0.4) is 0 Å². The highest BCUT2D eigenvalue weighted by atomic mass is 35.5. The van der Waals surface area contributed by atoms with Gasteiger partial charge in [0.1, 0.15) is 11.5 Å². The number of hydrogen-bond donors (Lipinski definition) is 1. The average Bonchev–Trinajstić information content (AvgIpc) is 2.87. The van der Waals surface area contributed by atoms with Gasteiger partial charge >= 0.3 is 0 Å². The third kappa shape index (κ3) is 3.75. The van der Waals surface area contributed by atoms with Crippen molar-refractivity contribution in [2.75, 3.05) is 0 Å². The first-order valence-corrected chi connectivity index (χ1v) is 7.13. The van der Waals surface area contributed by atoms with E-state index in [9.17, 15) is 0 Å². The van der Waals surface area contributed by atoms with Crippen LogP contribution in [-0.2, 0) is 6.54 Å². The summed E-state index contributed by atoms with van der Waals surface area (Å²) in [6.07, 6.45) is 1.09. The van der Waals surface area contributed by atoms with E-state index in [0.717, 1.165) is 23.5 Å². The Morgan fingerprint density at radius 2 is 2.00 bits per heavy atom. The summed E-state index contributed by atoms with van der Waals surface area (Å²) in [6.45, 7) is 5.02. The smallest absolute Gasteiger partial charge is 0.135 e. The second kappa shape index (κ2) is 6.47. The molecule has 2 nitrogen and oxygen atoms in total. The second-order valence-corrected chi connectivity index (χ2v) is 5.42. The highest BCUT2D eigenvalue weighted by molar-refractivity contribution is 6.35. The number of hydrogen-bond acceptors (Lipinski definition) is 2. The van der Waals surface area contributed by atoms with Crippen molar-refractivity contribution in [3.63, 3.8) is 0 Å². The molecular formula is C15H17Cl2NO. The molecule has 1 aromatic heterocycles. The SMILES string of the molecule is CC[C@H](C)NCc1ccc(-c2cc(Cl)ccc2Cl)o1. The molecule has 0 aliphatic rings. The normalized spacial score (nSPS) is 12.6. The van der Waals surface area contributed by atoms with E-state index in [1.54, 1.807) is 12.1 Å². The quantitative estimate of drug-likeness (QED) is 0.826. The van der Waals surface area contributed by atoms with Crippen molar-refractivity contribution in [3.05, 3.63) is 46.1 Å². The van der Waals surface area contributed by atoms with Gasteiger partial charge in [0.2, 0.25) is 0 Å². The predicted molar refractivity (Wildman–Crippen MR) is 80.8 cm³/mol. The first kappa shape index (κ1) is 14.4. The molecule has 0 radical (unpaired) electrons. The van der Waals surface area contributed by atoms with Crippen molar-refractivity contribution >= 4 is 23.2 Å². The van der Waals surface area contributed by atoms with Crippen LogP contribution in [0, 0.1) is 0 Å². The Balaban J connectivity index is 2.14. The third-order valence-corrected chi connectivity index (χ3v) is 3.66. The van der Waals surface area contributed by atoms with Crippen LogP contribution in [-0.4, -0.2) is 6.04 Å². The largest absolute Gasteiger partial charge is 0.460 e. The number of nitrogens with one attached hydrogen (secondary N) is 1. The zero-order valence-electron chi connectivity index (χ0n) is 11.0. The van der Waals surface area contributed by atoms with Crippen LogP contribution >= 0.6 is 23.2 Å². The Labute approximate surface area is 123 Å². The van der Waals surface area contributed by atoms with E-state index >= 15 is 0 Å². The molecule has 4 heteroatoms. The first-order valence-electron chi connectivity index (χ1n) is 6.37. The maximum absolute atomic E-state index is 6.16. The molecule has 2 aromatic rings. The summed E-state index contributed by atoms with van der Waals surface area (Å²) in [7, 11) is 0. The molecule has 2 rings (SSSR count). The Hall–Kier alpha value is -0.960. The standard InChI is InChI=1S/C15H17Cl2NO/c1-3-10(2)18-9-12-5-7-15(19-12)13-8-11(16)4-6-14(13)17/h4-8,10,18H,3,9H2,1-2H3/t10-/m0/s1. The van der Waals surface area contributed by atoms with E-state index in [4.69, 9.17) is 27.6 Å². The van der Waals surface area contributed by atoms with Gasteiger partial charge in [-0.3, -0.25) is 0 Å². The van der Waals surface area contributed by atoms with Gasteiger partial charge in [-0.05, 0) is 43.7 Å². The van der Waals surface area contributed by atoms with Gasteiger partial charge in [-0.15, -0.1) is 0 Å². The van der Waals surface area contributed by atoms with Crippen LogP contribution in [0.25, 0.3) is 11.3 Å². The van der Waals surface area contributed by atoms with Gasteiger partial charge in [0.25, 0.3) is 0 Å². The summed E-state index contributed by atoms with van der Waals surface area (Å²) in [5.74, 6) is 1.64. The van der Waals surface area contributed by atoms with Crippen molar-refractivity contribution in [1.29, 1.82) is 0 Å². The minimum Gasteiger partial charge on any atom is -0.460 e. The molecule has 0 fully saturated rings. The summed E-state index contributed by atoms with van der Waals surface area (Å²) in [5, 5.41) is 4.67. The van der Waals surface area contributed by atoms with Crippen molar-refractivity contribution in [3.8, 4) is 11.3 Å². The summed E-state index contributed by atoms with van der Waals surface area (Å²) in [5.41, 5.74) is 0.823. The van der Waals surface area contributed by atoms with Gasteiger partial charge in [-0.2, -0.15) is 0 Å². The first-order chi connectivity index (χ1) is 9.10. The lowest BCUT2D eigenvalue weighted by molar-refractivity contribution is 0.457. The molecular weight excluding hydrogens is 281 g/mol. The summed E-state index contributed by atoms with van der Waals surface area (Å²) < 4.78 is 5.79. The van der Waals surface area contributed by atoms with Gasteiger partial charge in [0.15, 0.2) is 0 Å². The summed E-state index contributed by atoms with van der Waals surface area (Å²) in [6, 6.07) is 9.71. The molecule has 0 spiro atoms. The van der Waals surface area contributed by atoms with Crippen molar-refractivity contribution in [2.24, 2.45) is 0 Å². The third-order valence-electron chi connectivity index (χ3n) is 3.09. The average molecular weight is 298 g/mol. The molecule has 0 unspecified atom stereocenters. The molecule has 1 heterocycles. The van der Waals surface area contributed by atoms with Crippen LogP contribution in [0.15, 0.2) is 34.7 Å². The zero-order valence-corrected chi connectivity index (χ0v) is 12.6. The Morgan fingerprint density at radius 1 is 1.21 bits per heavy atom. The van der Waals surface area contributed by atoms with Crippen molar-refractivity contribution in [2.45, 2.75) is 32.9 Å². The fourth-order valence-corrected chi connectivity index (χ4v) is 2.11. The van der Waals surface area contributed by atoms with E-state index in [1.807, 2.05) is 18.2 Å². The topological polar surface area (TPSA) is 25.2 Å². The molecule has 0 saturated carbocycles. The summed E-state index contributed by atoms with van der Waals surface area (Å²) >= 11 is 12.1. The van der Waals surface area contributed by atoms with Gasteiger partial charge in [-0.1, -0.05) is 30.1 Å². The van der Waals surface area contributed by atoms with Crippen molar-refractivity contribution in [1.82, 2.24) is 5.32 Å². The molecule has 1 aromatic carbocycles. The lowest BCUT2D eigenvalue weighted by Crippen LogP contribution is -2.24. The molecule has 0 aliphatic carbocycles. The monoisotopic (exact) mass is 297 g/mol. The van der Waals surface area contributed by atoms with E-state index in [-0.39, 0.29) is 0 Å². The highest BCUT2D eigenvalue weighted by Crippen LogP contribution is 2.31. The van der Waals surface area contributed by atoms with Crippen LogP contribution < -0.4 is 5.32 Å². The lowest BCUT2D eigenvalue weighted by atomic mass is 10.2. The predicted octanol–water partition coefficient (Wildman–Crippen LogP) is 5.14. The van der Waals surface area contributed by atoms with Crippen LogP contribution in [0.5, 0.6) is 0 Å². The molecule has 102 valence electrons. The zero-order chi connectivity index (χ0) is 13.8. The summed E-state index contributed by atoms with van der Waals surface area (Å²) in [4.78, 5) is 0. The number of furan rings is 1. The number of benzene rings is 1. The maximum atomic E-state index is 6.16. The van der Waals surface area contributed by atoms with Gasteiger partial charge in [-0.25, -0.2) is 0 Å². The van der Waals surface area contributed by atoms with Crippen LogP contribution in [0.2, 0.25) is 10.0 Å². The lowest BCUT2D eigenvalue weighted by Gasteiger charge is -2.09. The maximum Gasteiger partial charge on any atom is 0.135 e. The van der Waals surface area contributed by atoms with E-state index in [0.29, 0.717) is 22.6 Å². The van der Waals surface area contributed by atoms with Gasteiger partial charge in [0, 0.05) is 16.6 Å². The minimum absolute atomic E-state index is 0.475. The van der Waals surface area contributed by atoms with Crippen LogP contribution in [0.1, 0.15) is 26.0 Å². The van der Waals surface area contributed by atoms with Crippen molar-refractivity contribution < 1.29 is 4.42 Å². The minimum atomic E-state index is 0.475.